The normalized spacial score (nSPS) is 26.6. The Kier molecular flexibility index (Phi) is 15.3. The molecular weight excluding hydrogens is 458 g/mol. The number of aliphatic hydroxyl groups excluding tert-OH is 3. The van der Waals surface area contributed by atoms with Gasteiger partial charge in [0.2, 0.25) is 11.8 Å². The molecule has 1 heterocycles. The van der Waals surface area contributed by atoms with Gasteiger partial charge in [0.25, 0.3) is 0 Å². The molecule has 2 amide bonds. The van der Waals surface area contributed by atoms with Crippen molar-refractivity contribution in [3.63, 3.8) is 0 Å². The fourth-order valence-corrected chi connectivity index (χ4v) is 5.25. The predicted molar refractivity (Wildman–Crippen MR) is 136 cm³/mol. The average Bonchev–Trinajstić information content (AvgIpc) is 2.81. The van der Waals surface area contributed by atoms with Gasteiger partial charge in [-0.2, -0.15) is 0 Å². The molecule has 1 aliphatic rings. The van der Waals surface area contributed by atoms with Gasteiger partial charge >= 0.3 is 0 Å². The van der Waals surface area contributed by atoms with Gasteiger partial charge in [0.1, 0.15) is 23.7 Å². The average molecular weight is 506 g/mol. The minimum atomic E-state index is -1.26. The molecule has 1 fully saturated rings. The van der Waals surface area contributed by atoms with Crippen LogP contribution in [0.5, 0.6) is 0 Å². The quantitative estimate of drug-likeness (QED) is 0.163. The van der Waals surface area contributed by atoms with Crippen molar-refractivity contribution in [1.29, 1.82) is 0 Å². The summed E-state index contributed by atoms with van der Waals surface area (Å²) in [6, 6.07) is -0.742. The smallest absolute Gasteiger partial charge is 0.219 e. The SMILES string of the molecule is CCC(C)(CCCCCC(=O)NCCCCCS[C@@H]1OC(CO)[C@H](O)C(O)C1NC(C)=O)NC. The lowest BCUT2D eigenvalue weighted by Gasteiger charge is -2.42. The van der Waals surface area contributed by atoms with Crippen molar-refractivity contribution in [3.05, 3.63) is 0 Å². The number of carbonyl (C=O) groups is 2. The maximum Gasteiger partial charge on any atom is 0.219 e. The molecule has 6 N–H and O–H groups in total. The van der Waals surface area contributed by atoms with Gasteiger partial charge < -0.3 is 36.0 Å². The third kappa shape index (κ3) is 11.2. The highest BCUT2D eigenvalue weighted by Crippen LogP contribution is 2.29. The number of ether oxygens (including phenoxy) is 1. The van der Waals surface area contributed by atoms with Crippen LogP contribution < -0.4 is 16.0 Å². The Hall–Kier alpha value is -0.910. The van der Waals surface area contributed by atoms with E-state index in [0.717, 1.165) is 57.1 Å². The number of unbranched alkanes of at least 4 members (excludes halogenated alkanes) is 4. The van der Waals surface area contributed by atoms with Crippen LogP contribution in [0.1, 0.15) is 78.6 Å². The van der Waals surface area contributed by atoms with E-state index in [1.54, 1.807) is 0 Å². The molecule has 0 bridgehead atoms. The summed E-state index contributed by atoms with van der Waals surface area (Å²) in [4.78, 5) is 23.5. The van der Waals surface area contributed by atoms with E-state index in [1.165, 1.54) is 18.7 Å². The fraction of sp³-hybridized carbons (Fsp3) is 0.917. The van der Waals surface area contributed by atoms with Crippen LogP contribution in [-0.4, -0.2) is 88.4 Å². The molecular formula is C24H47N3O6S. The van der Waals surface area contributed by atoms with Crippen molar-refractivity contribution in [2.75, 3.05) is 26.0 Å². The Balaban J connectivity index is 2.17. The van der Waals surface area contributed by atoms with Crippen LogP contribution in [0.2, 0.25) is 0 Å². The number of carbonyl (C=O) groups excluding carboxylic acids is 2. The second-order valence-electron chi connectivity index (χ2n) is 9.44. The summed E-state index contributed by atoms with van der Waals surface area (Å²) >= 11 is 1.45. The third-order valence-corrected chi connectivity index (χ3v) is 7.95. The van der Waals surface area contributed by atoms with Crippen LogP contribution in [0.3, 0.4) is 0 Å². The van der Waals surface area contributed by atoms with E-state index in [-0.39, 0.29) is 17.4 Å². The van der Waals surface area contributed by atoms with Gasteiger partial charge in [-0.05, 0) is 51.8 Å². The standard InChI is InChI=1S/C24H47N3O6S/c1-5-24(3,25-4)13-9-6-8-12-19(30)26-14-10-7-11-15-34-23-20(27-17(2)29)22(32)21(31)18(16-28)33-23/h18,20-23,25,28,31-32H,5-16H2,1-4H3,(H,26,30)(H,27,29)/t18?,20?,21-,22?,23-,24?/m0/s1. The van der Waals surface area contributed by atoms with Crippen molar-refractivity contribution in [2.24, 2.45) is 0 Å². The molecule has 4 unspecified atom stereocenters. The number of rotatable bonds is 17. The maximum atomic E-state index is 12.0. The summed E-state index contributed by atoms with van der Waals surface area (Å²) in [7, 11) is 2.00. The molecule has 34 heavy (non-hydrogen) atoms. The zero-order valence-electron chi connectivity index (χ0n) is 21.3. The first-order chi connectivity index (χ1) is 16.2. The number of nitrogens with one attached hydrogen (secondary N) is 3. The molecule has 0 aromatic rings. The number of amides is 2. The van der Waals surface area contributed by atoms with Crippen molar-refractivity contribution >= 4 is 23.6 Å². The van der Waals surface area contributed by atoms with Gasteiger partial charge in [0.15, 0.2) is 0 Å². The summed E-state index contributed by atoms with van der Waals surface area (Å²) in [5, 5.41) is 38.8. The lowest BCUT2D eigenvalue weighted by Crippen LogP contribution is -2.63. The Labute approximate surface area is 209 Å². The Morgan fingerprint density at radius 2 is 1.76 bits per heavy atom. The minimum Gasteiger partial charge on any atom is -0.394 e. The zero-order valence-corrected chi connectivity index (χ0v) is 22.2. The predicted octanol–water partition coefficient (Wildman–Crippen LogP) is 1.29. The molecule has 0 saturated carbocycles. The number of hydrogen-bond donors (Lipinski definition) is 6. The van der Waals surface area contributed by atoms with Crippen molar-refractivity contribution in [3.8, 4) is 0 Å². The van der Waals surface area contributed by atoms with Gasteiger partial charge in [-0.25, -0.2) is 0 Å². The second kappa shape index (κ2) is 16.7. The van der Waals surface area contributed by atoms with E-state index in [4.69, 9.17) is 4.74 Å². The highest BCUT2D eigenvalue weighted by Gasteiger charge is 2.44. The molecule has 1 rings (SSSR count). The highest BCUT2D eigenvalue weighted by atomic mass is 32.2. The Bertz CT molecular complexity index is 593. The first kappa shape index (κ1) is 31.1. The summed E-state index contributed by atoms with van der Waals surface area (Å²) in [5.41, 5.74) is -0.363. The number of thioether (sulfide) groups is 1. The second-order valence-corrected chi connectivity index (χ2v) is 10.6. The first-order valence-electron chi connectivity index (χ1n) is 12.6. The number of aliphatic hydroxyl groups is 3. The van der Waals surface area contributed by atoms with Crippen LogP contribution >= 0.6 is 11.8 Å². The molecule has 0 radical (unpaired) electrons. The van der Waals surface area contributed by atoms with E-state index in [0.29, 0.717) is 13.0 Å². The Morgan fingerprint density at radius 3 is 2.38 bits per heavy atom. The number of hydrogen-bond acceptors (Lipinski definition) is 8. The van der Waals surface area contributed by atoms with E-state index in [9.17, 15) is 24.9 Å². The van der Waals surface area contributed by atoms with Gasteiger partial charge in [-0.3, -0.25) is 9.59 Å². The summed E-state index contributed by atoms with van der Waals surface area (Å²) < 4.78 is 5.70. The van der Waals surface area contributed by atoms with Crippen LogP contribution in [0.4, 0.5) is 0 Å². The molecule has 0 aromatic carbocycles. The van der Waals surface area contributed by atoms with Crippen LogP contribution in [0.25, 0.3) is 0 Å². The summed E-state index contributed by atoms with van der Waals surface area (Å²) in [5.74, 6) is 0.525. The Morgan fingerprint density at radius 1 is 1.06 bits per heavy atom. The molecule has 9 nitrogen and oxygen atoms in total. The summed E-state index contributed by atoms with van der Waals surface area (Å²) in [6.07, 6.45) is 5.24. The molecule has 200 valence electrons. The van der Waals surface area contributed by atoms with Crippen molar-refractivity contribution in [2.45, 2.75) is 114 Å². The zero-order chi connectivity index (χ0) is 25.6. The minimum absolute atomic E-state index is 0.109. The van der Waals surface area contributed by atoms with Gasteiger partial charge in [-0.15, -0.1) is 11.8 Å². The van der Waals surface area contributed by atoms with Crippen LogP contribution in [0, 0.1) is 0 Å². The molecule has 10 heteroatoms. The van der Waals surface area contributed by atoms with Gasteiger partial charge in [-0.1, -0.05) is 26.2 Å². The molecule has 1 saturated heterocycles. The molecule has 1 aliphatic heterocycles. The fourth-order valence-electron chi connectivity index (χ4n) is 3.99. The maximum absolute atomic E-state index is 12.0. The molecule has 6 atom stereocenters. The summed E-state index contributed by atoms with van der Waals surface area (Å²) in [6.45, 7) is 6.02. The first-order valence-corrected chi connectivity index (χ1v) is 13.7. The van der Waals surface area contributed by atoms with Crippen molar-refractivity contribution in [1.82, 2.24) is 16.0 Å². The van der Waals surface area contributed by atoms with Gasteiger partial charge in [0, 0.05) is 25.4 Å². The monoisotopic (exact) mass is 505 g/mol. The van der Waals surface area contributed by atoms with Crippen molar-refractivity contribution < 1.29 is 29.6 Å². The lowest BCUT2D eigenvalue weighted by molar-refractivity contribution is -0.173. The van der Waals surface area contributed by atoms with E-state index in [1.807, 2.05) is 7.05 Å². The third-order valence-electron chi connectivity index (χ3n) is 6.69. The van der Waals surface area contributed by atoms with E-state index < -0.39 is 36.4 Å². The van der Waals surface area contributed by atoms with E-state index in [2.05, 4.69) is 29.8 Å². The molecule has 0 spiro atoms. The molecule has 0 aromatic heterocycles. The van der Waals surface area contributed by atoms with Crippen LogP contribution in [-0.2, 0) is 14.3 Å². The molecule has 0 aliphatic carbocycles. The largest absolute Gasteiger partial charge is 0.394 e. The van der Waals surface area contributed by atoms with E-state index >= 15 is 0 Å². The highest BCUT2D eigenvalue weighted by molar-refractivity contribution is 7.99. The topological polar surface area (TPSA) is 140 Å². The lowest BCUT2D eigenvalue weighted by atomic mass is 9.91. The van der Waals surface area contributed by atoms with Gasteiger partial charge in [0.05, 0.1) is 12.6 Å². The van der Waals surface area contributed by atoms with Crippen LogP contribution in [0.15, 0.2) is 0 Å².